The van der Waals surface area contributed by atoms with Crippen molar-refractivity contribution in [1.82, 2.24) is 14.5 Å². The van der Waals surface area contributed by atoms with E-state index in [4.69, 9.17) is 5.73 Å². The number of alkyl halides is 1. The van der Waals surface area contributed by atoms with Crippen LogP contribution in [0, 0.1) is 6.92 Å². The van der Waals surface area contributed by atoms with Gasteiger partial charge in [0.15, 0.2) is 11.4 Å². The lowest BCUT2D eigenvalue weighted by atomic mass is 10.1. The first-order valence-electron chi connectivity index (χ1n) is 6.87. The van der Waals surface area contributed by atoms with Gasteiger partial charge in [-0.3, -0.25) is 14.2 Å². The molecular weight excluding hydrogens is 440 g/mol. The van der Waals surface area contributed by atoms with Crippen LogP contribution < -0.4 is 5.73 Å². The quantitative estimate of drug-likeness (QED) is 0.485. The molecule has 1 amide bonds. The van der Waals surface area contributed by atoms with Crippen molar-refractivity contribution in [3.8, 4) is 5.69 Å². The van der Waals surface area contributed by atoms with Gasteiger partial charge in [0.05, 0.1) is 5.33 Å². The van der Waals surface area contributed by atoms with E-state index in [0.717, 1.165) is 11.5 Å². The smallest absolute Gasteiger partial charge is 0.267 e. The molecule has 2 N–H and O–H groups in total. The number of ketones is 1. The molecule has 0 atom stereocenters. The van der Waals surface area contributed by atoms with Crippen LogP contribution >= 0.6 is 32.9 Å². The van der Waals surface area contributed by atoms with Crippen molar-refractivity contribution in [2.75, 3.05) is 5.33 Å². The molecule has 0 aliphatic rings. The molecule has 3 rings (SSSR count). The van der Waals surface area contributed by atoms with Crippen LogP contribution in [0.15, 0.2) is 36.4 Å². The van der Waals surface area contributed by atoms with Crippen LogP contribution in [-0.4, -0.2) is 31.6 Å². The van der Waals surface area contributed by atoms with E-state index in [1.165, 1.54) is 0 Å². The third-order valence-electron chi connectivity index (χ3n) is 3.49. The number of benzene rings is 1. The van der Waals surface area contributed by atoms with E-state index in [9.17, 15) is 9.59 Å². The molecule has 0 aliphatic carbocycles. The summed E-state index contributed by atoms with van der Waals surface area (Å²) >= 11 is 3.16. The molecule has 124 valence electrons. The summed E-state index contributed by atoms with van der Waals surface area (Å²) in [5.41, 5.74) is 8.14. The number of nitrogens with two attached hydrogens (primary N) is 1. The maximum absolute atomic E-state index is 11.7. The number of carbonyl (C=O) groups excluding carboxylic acids is 2. The number of imidazole rings is 1. The summed E-state index contributed by atoms with van der Waals surface area (Å²) in [6, 6.07) is 10.4. The zero-order valence-corrected chi connectivity index (χ0v) is 16.0. The Hall–Kier alpha value is -2.06. The zero-order chi connectivity index (χ0) is 16.6. The van der Waals surface area contributed by atoms with Gasteiger partial charge in [-0.25, -0.2) is 9.97 Å². The van der Waals surface area contributed by atoms with Crippen LogP contribution in [0.5, 0.6) is 0 Å². The zero-order valence-electron chi connectivity index (χ0n) is 12.7. The SMILES string of the molecule is Br.Cc1nc2ccc(C(N)=O)nc2n1-c1ccc(C(=O)CBr)cc1. The van der Waals surface area contributed by atoms with Crippen LogP contribution in [0.1, 0.15) is 26.7 Å². The van der Waals surface area contributed by atoms with Gasteiger partial charge in [0, 0.05) is 11.3 Å². The summed E-state index contributed by atoms with van der Waals surface area (Å²) in [5, 5.41) is 0.281. The maximum Gasteiger partial charge on any atom is 0.267 e. The first-order chi connectivity index (χ1) is 11.0. The third-order valence-corrected chi connectivity index (χ3v) is 4.00. The van der Waals surface area contributed by atoms with Gasteiger partial charge in [-0.15, -0.1) is 17.0 Å². The number of primary amides is 1. The maximum atomic E-state index is 11.7. The molecule has 0 bridgehead atoms. The molecule has 0 radical (unpaired) electrons. The van der Waals surface area contributed by atoms with E-state index in [0.29, 0.717) is 16.7 Å². The van der Waals surface area contributed by atoms with Crippen molar-refractivity contribution >= 4 is 55.8 Å². The lowest BCUT2D eigenvalue weighted by molar-refractivity contribution is 0.0993. The van der Waals surface area contributed by atoms with E-state index in [1.807, 2.05) is 23.6 Å². The van der Waals surface area contributed by atoms with Crippen molar-refractivity contribution in [3.63, 3.8) is 0 Å². The largest absolute Gasteiger partial charge is 0.364 e. The second kappa shape index (κ2) is 7.23. The number of rotatable bonds is 4. The van der Waals surface area contributed by atoms with Crippen LogP contribution in [0.2, 0.25) is 0 Å². The molecule has 24 heavy (non-hydrogen) atoms. The predicted molar refractivity (Wildman–Crippen MR) is 101 cm³/mol. The standard InChI is InChI=1S/C16H13BrN4O2.BrH/c1-9-19-13-7-6-12(15(18)23)20-16(13)21(9)11-4-2-10(3-5-11)14(22)8-17;/h2-7H,8H2,1H3,(H2,18,23);1H. The number of aryl methyl sites for hydroxylation is 1. The average Bonchev–Trinajstić information content (AvgIpc) is 2.89. The number of nitrogens with zero attached hydrogens (tertiary/aromatic N) is 3. The fraction of sp³-hybridized carbons (Fsp3) is 0.125. The summed E-state index contributed by atoms with van der Waals surface area (Å²) in [7, 11) is 0. The van der Waals surface area contributed by atoms with Crippen molar-refractivity contribution in [2.45, 2.75) is 6.92 Å². The third kappa shape index (κ3) is 3.25. The summed E-state index contributed by atoms with van der Waals surface area (Å²) in [6.07, 6.45) is 0. The van der Waals surface area contributed by atoms with Crippen molar-refractivity contribution in [2.24, 2.45) is 5.73 Å². The average molecular weight is 454 g/mol. The van der Waals surface area contributed by atoms with Crippen LogP contribution in [0.25, 0.3) is 16.9 Å². The van der Waals surface area contributed by atoms with Crippen LogP contribution in [0.3, 0.4) is 0 Å². The molecular formula is C16H14Br2N4O2. The minimum Gasteiger partial charge on any atom is -0.364 e. The van der Waals surface area contributed by atoms with Crippen LogP contribution in [-0.2, 0) is 0 Å². The number of fused-ring (bicyclic) bond motifs is 1. The Bertz CT molecular complexity index is 920. The van der Waals surface area contributed by atoms with Gasteiger partial charge in [0.2, 0.25) is 0 Å². The topological polar surface area (TPSA) is 90.9 Å². The fourth-order valence-electron chi connectivity index (χ4n) is 2.39. The minimum atomic E-state index is -0.587. The van der Waals surface area contributed by atoms with Gasteiger partial charge >= 0.3 is 0 Å². The van der Waals surface area contributed by atoms with Gasteiger partial charge in [0.25, 0.3) is 5.91 Å². The Kier molecular flexibility index (Phi) is 5.51. The predicted octanol–water partition coefficient (Wildman–Crippen LogP) is 2.98. The Morgan fingerprint density at radius 2 is 1.79 bits per heavy atom. The van der Waals surface area contributed by atoms with E-state index in [-0.39, 0.29) is 33.8 Å². The molecule has 8 heteroatoms. The minimum absolute atomic E-state index is 0. The number of carbonyl (C=O) groups is 2. The first kappa shape index (κ1) is 18.3. The molecule has 0 saturated heterocycles. The van der Waals surface area contributed by atoms with E-state index >= 15 is 0 Å². The molecule has 0 aliphatic heterocycles. The molecule has 2 aromatic heterocycles. The number of pyridine rings is 1. The fourth-order valence-corrected chi connectivity index (χ4v) is 2.71. The van der Waals surface area contributed by atoms with E-state index in [1.54, 1.807) is 24.3 Å². The lowest BCUT2D eigenvalue weighted by Crippen LogP contribution is -2.13. The molecule has 1 aromatic carbocycles. The second-order valence-electron chi connectivity index (χ2n) is 5.00. The van der Waals surface area contributed by atoms with Gasteiger partial charge in [-0.05, 0) is 43.3 Å². The summed E-state index contributed by atoms with van der Waals surface area (Å²) in [4.78, 5) is 31.8. The number of Topliss-reactive ketones (excluding diaryl/α,β-unsaturated/α-hetero) is 1. The molecule has 2 heterocycles. The highest BCUT2D eigenvalue weighted by atomic mass is 79.9. The Balaban J connectivity index is 0.00000208. The van der Waals surface area contributed by atoms with Crippen molar-refractivity contribution in [1.29, 1.82) is 0 Å². The van der Waals surface area contributed by atoms with Crippen LogP contribution in [0.4, 0.5) is 0 Å². The summed E-state index contributed by atoms with van der Waals surface area (Å²) < 4.78 is 1.82. The highest BCUT2D eigenvalue weighted by molar-refractivity contribution is 9.09. The highest BCUT2D eigenvalue weighted by Crippen LogP contribution is 2.20. The number of hydrogen-bond donors (Lipinski definition) is 1. The van der Waals surface area contributed by atoms with E-state index in [2.05, 4.69) is 25.9 Å². The van der Waals surface area contributed by atoms with Crippen molar-refractivity contribution in [3.05, 3.63) is 53.5 Å². The monoisotopic (exact) mass is 452 g/mol. The van der Waals surface area contributed by atoms with Gasteiger partial charge in [0.1, 0.15) is 17.0 Å². The molecule has 3 aromatic rings. The second-order valence-corrected chi connectivity index (χ2v) is 5.56. The lowest BCUT2D eigenvalue weighted by Gasteiger charge is -2.07. The number of hydrogen-bond acceptors (Lipinski definition) is 4. The normalized spacial score (nSPS) is 10.4. The number of aromatic nitrogens is 3. The Morgan fingerprint density at radius 1 is 1.12 bits per heavy atom. The van der Waals surface area contributed by atoms with Gasteiger partial charge in [-0.2, -0.15) is 0 Å². The highest BCUT2D eigenvalue weighted by Gasteiger charge is 2.13. The summed E-state index contributed by atoms with van der Waals surface area (Å²) in [6.45, 7) is 1.85. The van der Waals surface area contributed by atoms with Gasteiger partial charge < -0.3 is 5.73 Å². The summed E-state index contributed by atoms with van der Waals surface area (Å²) in [5.74, 6) is 0.155. The van der Waals surface area contributed by atoms with Crippen molar-refractivity contribution < 1.29 is 9.59 Å². The molecule has 0 saturated carbocycles. The Labute approximate surface area is 157 Å². The van der Waals surface area contributed by atoms with E-state index < -0.39 is 5.91 Å². The molecule has 6 nitrogen and oxygen atoms in total. The van der Waals surface area contributed by atoms with Gasteiger partial charge in [-0.1, -0.05) is 15.9 Å². The first-order valence-corrected chi connectivity index (χ1v) is 7.99. The Morgan fingerprint density at radius 3 is 2.38 bits per heavy atom. The molecule has 0 fully saturated rings. The molecule has 0 unspecified atom stereocenters. The number of amides is 1. The molecule has 0 spiro atoms. The number of halogens is 2.